The van der Waals surface area contributed by atoms with Crippen molar-refractivity contribution in [3.63, 3.8) is 0 Å². The van der Waals surface area contributed by atoms with E-state index >= 15 is 0 Å². The maximum atomic E-state index is 14.1. The number of benzene rings is 3. The Morgan fingerprint density at radius 2 is 1.47 bits per heavy atom. The molecule has 4 rings (SSSR count). The number of rotatable bonds is 6. The molecule has 164 valence electrons. The van der Waals surface area contributed by atoms with Crippen LogP contribution < -0.4 is 0 Å². The second-order valence-electron chi connectivity index (χ2n) is 7.18. The van der Waals surface area contributed by atoms with Gasteiger partial charge in [-0.3, -0.25) is 0 Å². The molecule has 0 aliphatic carbocycles. The van der Waals surface area contributed by atoms with Gasteiger partial charge in [0.25, 0.3) is 6.43 Å². The number of para-hydroxylation sites is 1. The first-order chi connectivity index (χ1) is 15.3. The molecule has 0 saturated carbocycles. The molecule has 0 bridgehead atoms. The van der Waals surface area contributed by atoms with E-state index < -0.39 is 16.3 Å². The van der Waals surface area contributed by atoms with E-state index in [0.29, 0.717) is 28.1 Å². The van der Waals surface area contributed by atoms with Crippen LogP contribution in [0.25, 0.3) is 28.1 Å². The van der Waals surface area contributed by atoms with Crippen LogP contribution in [0.5, 0.6) is 0 Å². The molecule has 0 saturated heterocycles. The lowest BCUT2D eigenvalue weighted by molar-refractivity contribution is 0.146. The van der Waals surface area contributed by atoms with E-state index in [4.69, 9.17) is 0 Å². The highest BCUT2D eigenvalue weighted by atomic mass is 32.2. The van der Waals surface area contributed by atoms with Crippen molar-refractivity contribution in [3.8, 4) is 28.1 Å². The predicted molar refractivity (Wildman–Crippen MR) is 124 cm³/mol. The summed E-state index contributed by atoms with van der Waals surface area (Å²) in [6.45, 7) is 0. The van der Waals surface area contributed by atoms with Gasteiger partial charge in [0.05, 0.1) is 16.3 Å². The van der Waals surface area contributed by atoms with Crippen molar-refractivity contribution in [1.82, 2.24) is 9.78 Å². The minimum absolute atomic E-state index is 0.159. The van der Waals surface area contributed by atoms with E-state index in [1.165, 1.54) is 16.8 Å². The molecule has 4 aromatic rings. The maximum absolute atomic E-state index is 14.1. The number of halogens is 2. The van der Waals surface area contributed by atoms with Gasteiger partial charge in [0.15, 0.2) is 9.84 Å². The standard InChI is InChI=1S/C24H20F2N2O2S2/c1-31-19-12-8-16(9-13-19)21-22(24(25)26)27-28(18-6-4-3-5-7-18)23(21)17-10-14-20(15-11-17)32(2,29)30/h3-15,24H,1-2H3. The lowest BCUT2D eigenvalue weighted by atomic mass is 9.98. The third-order valence-corrected chi connectivity index (χ3v) is 6.93. The molecule has 8 heteroatoms. The minimum Gasteiger partial charge on any atom is -0.232 e. The van der Waals surface area contributed by atoms with Crippen LogP contribution in [0.1, 0.15) is 12.1 Å². The summed E-state index contributed by atoms with van der Waals surface area (Å²) in [4.78, 5) is 1.17. The highest BCUT2D eigenvalue weighted by molar-refractivity contribution is 7.98. The first-order valence-electron chi connectivity index (χ1n) is 9.71. The third kappa shape index (κ3) is 4.33. The van der Waals surface area contributed by atoms with Gasteiger partial charge in [-0.15, -0.1) is 11.8 Å². The van der Waals surface area contributed by atoms with Crippen LogP contribution in [0.3, 0.4) is 0 Å². The van der Waals surface area contributed by atoms with Gasteiger partial charge < -0.3 is 0 Å². The average Bonchev–Trinajstić information content (AvgIpc) is 3.20. The Labute approximate surface area is 189 Å². The van der Waals surface area contributed by atoms with E-state index in [1.54, 1.807) is 48.2 Å². The number of alkyl halides is 2. The number of aromatic nitrogens is 2. The zero-order valence-electron chi connectivity index (χ0n) is 17.4. The summed E-state index contributed by atoms with van der Waals surface area (Å²) in [5.74, 6) is 0. The Hall–Kier alpha value is -2.97. The summed E-state index contributed by atoms with van der Waals surface area (Å²) in [5.41, 5.74) is 2.30. The van der Waals surface area contributed by atoms with Crippen LogP contribution in [0.2, 0.25) is 0 Å². The molecule has 0 aliphatic rings. The largest absolute Gasteiger partial charge is 0.282 e. The monoisotopic (exact) mass is 470 g/mol. The average molecular weight is 471 g/mol. The number of nitrogens with zero attached hydrogens (tertiary/aromatic N) is 2. The van der Waals surface area contributed by atoms with Crippen LogP contribution in [0, 0.1) is 0 Å². The van der Waals surface area contributed by atoms with Crippen molar-refractivity contribution in [1.29, 1.82) is 0 Å². The normalized spacial score (nSPS) is 11.8. The van der Waals surface area contributed by atoms with Gasteiger partial charge >= 0.3 is 0 Å². The third-order valence-electron chi connectivity index (χ3n) is 5.05. The number of hydrogen-bond acceptors (Lipinski definition) is 4. The van der Waals surface area contributed by atoms with Gasteiger partial charge in [0.1, 0.15) is 5.69 Å². The fourth-order valence-electron chi connectivity index (χ4n) is 3.51. The molecular formula is C24H20F2N2O2S2. The summed E-state index contributed by atoms with van der Waals surface area (Å²) in [7, 11) is -3.39. The molecule has 0 N–H and O–H groups in total. The molecule has 0 amide bonds. The van der Waals surface area contributed by atoms with E-state index in [-0.39, 0.29) is 10.6 Å². The second kappa shape index (κ2) is 8.88. The van der Waals surface area contributed by atoms with Crippen LogP contribution >= 0.6 is 11.8 Å². The van der Waals surface area contributed by atoms with Crippen molar-refractivity contribution < 1.29 is 17.2 Å². The molecular weight excluding hydrogens is 450 g/mol. The highest BCUT2D eigenvalue weighted by Crippen LogP contribution is 2.41. The zero-order valence-corrected chi connectivity index (χ0v) is 19.0. The first kappa shape index (κ1) is 22.2. The molecule has 0 radical (unpaired) electrons. The van der Waals surface area contributed by atoms with Gasteiger partial charge in [0, 0.05) is 22.3 Å². The van der Waals surface area contributed by atoms with Crippen LogP contribution in [0.15, 0.2) is 88.7 Å². The zero-order chi connectivity index (χ0) is 22.9. The molecule has 32 heavy (non-hydrogen) atoms. The van der Waals surface area contributed by atoms with Gasteiger partial charge in [-0.25, -0.2) is 21.9 Å². The SMILES string of the molecule is CSc1ccc(-c2c(C(F)F)nn(-c3ccccc3)c2-c2ccc(S(C)(=O)=O)cc2)cc1. The molecule has 0 aliphatic heterocycles. The summed E-state index contributed by atoms with van der Waals surface area (Å²) in [5, 5.41) is 4.29. The quantitative estimate of drug-likeness (QED) is 0.312. The Bertz CT molecular complexity index is 1330. The molecule has 0 fully saturated rings. The molecule has 4 nitrogen and oxygen atoms in total. The summed E-state index contributed by atoms with van der Waals surface area (Å²) in [6.07, 6.45) is 0.287. The second-order valence-corrected chi connectivity index (χ2v) is 10.1. The van der Waals surface area contributed by atoms with Crippen molar-refractivity contribution >= 4 is 21.6 Å². The minimum atomic E-state index is -3.39. The van der Waals surface area contributed by atoms with E-state index in [2.05, 4.69) is 5.10 Å². The Balaban J connectivity index is 2.02. The maximum Gasteiger partial charge on any atom is 0.282 e. The number of thioether (sulfide) groups is 1. The molecule has 3 aromatic carbocycles. The van der Waals surface area contributed by atoms with Crippen molar-refractivity contribution in [3.05, 3.63) is 84.6 Å². The van der Waals surface area contributed by atoms with Gasteiger partial charge in [-0.2, -0.15) is 5.10 Å². The molecule has 0 spiro atoms. The van der Waals surface area contributed by atoms with Crippen molar-refractivity contribution in [2.75, 3.05) is 12.5 Å². The lowest BCUT2D eigenvalue weighted by Gasteiger charge is -2.12. The molecule has 1 aromatic heterocycles. The van der Waals surface area contributed by atoms with Crippen LogP contribution in [0.4, 0.5) is 8.78 Å². The summed E-state index contributed by atoms with van der Waals surface area (Å²) >= 11 is 1.56. The van der Waals surface area contributed by atoms with E-state index in [9.17, 15) is 17.2 Å². The van der Waals surface area contributed by atoms with Gasteiger partial charge in [0.2, 0.25) is 0 Å². The van der Waals surface area contributed by atoms with Crippen molar-refractivity contribution in [2.45, 2.75) is 16.2 Å². The molecule has 1 heterocycles. The molecule has 0 atom stereocenters. The number of hydrogen-bond donors (Lipinski definition) is 0. The predicted octanol–water partition coefficient (Wildman–Crippen LogP) is 6.27. The van der Waals surface area contributed by atoms with Gasteiger partial charge in [-0.1, -0.05) is 42.5 Å². The Kier molecular flexibility index (Phi) is 6.17. The van der Waals surface area contributed by atoms with Crippen LogP contribution in [-0.2, 0) is 9.84 Å². The summed E-state index contributed by atoms with van der Waals surface area (Å²) < 4.78 is 53.6. The number of sulfone groups is 1. The highest BCUT2D eigenvalue weighted by Gasteiger charge is 2.27. The molecule has 0 unspecified atom stereocenters. The first-order valence-corrected chi connectivity index (χ1v) is 12.8. The fraction of sp³-hybridized carbons (Fsp3) is 0.125. The lowest BCUT2D eigenvalue weighted by Crippen LogP contribution is -2.01. The van der Waals surface area contributed by atoms with E-state index in [0.717, 1.165) is 11.2 Å². The topological polar surface area (TPSA) is 52.0 Å². The Morgan fingerprint density at radius 1 is 0.875 bits per heavy atom. The smallest absolute Gasteiger partial charge is 0.232 e. The van der Waals surface area contributed by atoms with Gasteiger partial charge in [-0.05, 0) is 48.2 Å². The summed E-state index contributed by atoms with van der Waals surface area (Å²) in [6, 6.07) is 22.6. The van der Waals surface area contributed by atoms with Crippen LogP contribution in [-0.4, -0.2) is 30.7 Å². The fourth-order valence-corrected chi connectivity index (χ4v) is 4.55. The van der Waals surface area contributed by atoms with E-state index in [1.807, 2.05) is 36.6 Å². The van der Waals surface area contributed by atoms with Crippen molar-refractivity contribution in [2.24, 2.45) is 0 Å². The Morgan fingerprint density at radius 3 is 2.00 bits per heavy atom.